The number of pyridine rings is 2. The summed E-state index contributed by atoms with van der Waals surface area (Å²) in [5, 5.41) is 12.2. The molecule has 5 nitrogen and oxygen atoms in total. The van der Waals surface area contributed by atoms with E-state index in [9.17, 15) is 0 Å². The van der Waals surface area contributed by atoms with Crippen LogP contribution in [0.15, 0.2) is 61.0 Å². The molecule has 0 fully saturated rings. The Balaban J connectivity index is 1.84. The normalized spacial score (nSPS) is 16.8. The summed E-state index contributed by atoms with van der Waals surface area (Å²) in [5.74, 6) is 0.854. The van der Waals surface area contributed by atoms with Crippen LogP contribution < -0.4 is 5.32 Å². The predicted octanol–water partition coefficient (Wildman–Crippen LogP) is 4.77. The van der Waals surface area contributed by atoms with Crippen molar-refractivity contribution in [3.05, 3.63) is 77.9 Å². The molecule has 0 bridgehead atoms. The number of hydrogen-bond acceptors (Lipinski definition) is 4. The molecule has 2 N–H and O–H groups in total. The van der Waals surface area contributed by atoms with E-state index in [2.05, 4.69) is 70.2 Å². The van der Waals surface area contributed by atoms with Gasteiger partial charge in [0.2, 0.25) is 0 Å². The number of aromatic nitrogens is 4. The van der Waals surface area contributed by atoms with Gasteiger partial charge in [0, 0.05) is 35.6 Å². The first-order valence-electron chi connectivity index (χ1n) is 9.15. The molecule has 5 heteroatoms. The van der Waals surface area contributed by atoms with E-state index in [1.807, 2.05) is 25.3 Å². The first-order valence-corrected chi connectivity index (χ1v) is 9.15. The summed E-state index contributed by atoms with van der Waals surface area (Å²) < 4.78 is 0. The molecule has 3 aromatic rings. The molecule has 4 rings (SSSR count). The van der Waals surface area contributed by atoms with Gasteiger partial charge < -0.3 is 5.32 Å². The summed E-state index contributed by atoms with van der Waals surface area (Å²) in [4.78, 5) is 8.96. The molecule has 136 valence electrons. The molecule has 3 aromatic heterocycles. The van der Waals surface area contributed by atoms with Gasteiger partial charge in [-0.15, -0.1) is 0 Å². The van der Waals surface area contributed by atoms with Crippen LogP contribution in [0.2, 0.25) is 0 Å². The average molecular weight is 357 g/mol. The van der Waals surface area contributed by atoms with Gasteiger partial charge in [-0.05, 0) is 44.1 Å². The van der Waals surface area contributed by atoms with Crippen LogP contribution in [0.3, 0.4) is 0 Å². The van der Waals surface area contributed by atoms with Gasteiger partial charge in [-0.25, -0.2) is 4.98 Å². The molecule has 3 heterocycles. The minimum absolute atomic E-state index is 0.00604. The standard InChI is InChI=1S/C22H23N5/c1-13(2)25-22-20-19(9-11-24-22)26-27-21(20)18-12-16(8-7-14(18)3)17-6-5-10-23-15(17)4/h5-13,18H,3H2,1-2,4H3,(H,24,25)(H,26,27). The van der Waals surface area contributed by atoms with Crippen LogP contribution in [-0.2, 0) is 0 Å². The zero-order chi connectivity index (χ0) is 19.0. The van der Waals surface area contributed by atoms with Crippen molar-refractivity contribution in [2.24, 2.45) is 0 Å². The van der Waals surface area contributed by atoms with E-state index in [4.69, 9.17) is 0 Å². The van der Waals surface area contributed by atoms with Crippen molar-refractivity contribution in [1.82, 2.24) is 20.2 Å². The number of allylic oxidation sites excluding steroid dienone is 5. The van der Waals surface area contributed by atoms with E-state index < -0.39 is 0 Å². The van der Waals surface area contributed by atoms with E-state index >= 15 is 0 Å². The number of aryl methyl sites for hydroxylation is 1. The second-order valence-corrected chi connectivity index (χ2v) is 7.13. The summed E-state index contributed by atoms with van der Waals surface area (Å²) in [6.45, 7) is 10.5. The third kappa shape index (κ3) is 3.16. The van der Waals surface area contributed by atoms with Gasteiger partial charge in [-0.2, -0.15) is 5.10 Å². The Labute approximate surface area is 158 Å². The van der Waals surface area contributed by atoms with Gasteiger partial charge in [-0.3, -0.25) is 10.1 Å². The highest BCUT2D eigenvalue weighted by atomic mass is 15.1. The Morgan fingerprint density at radius 2 is 2.00 bits per heavy atom. The van der Waals surface area contributed by atoms with E-state index in [1.165, 1.54) is 0 Å². The lowest BCUT2D eigenvalue weighted by Crippen LogP contribution is -2.12. The van der Waals surface area contributed by atoms with Gasteiger partial charge in [0.05, 0.1) is 16.6 Å². The topological polar surface area (TPSA) is 66.5 Å². The molecule has 0 aromatic carbocycles. The monoisotopic (exact) mass is 357 g/mol. The Bertz CT molecular complexity index is 1070. The molecule has 0 spiro atoms. The molecule has 1 atom stereocenters. The van der Waals surface area contributed by atoms with Gasteiger partial charge in [0.1, 0.15) is 5.82 Å². The quantitative estimate of drug-likeness (QED) is 0.705. The van der Waals surface area contributed by atoms with Crippen molar-refractivity contribution in [1.29, 1.82) is 0 Å². The Hall–Kier alpha value is -3.21. The molecule has 0 aliphatic heterocycles. The minimum atomic E-state index is 0.00604. The van der Waals surface area contributed by atoms with Crippen molar-refractivity contribution < 1.29 is 0 Å². The zero-order valence-electron chi connectivity index (χ0n) is 15.8. The maximum atomic E-state index is 4.54. The molecule has 0 saturated carbocycles. The molecular weight excluding hydrogens is 334 g/mol. The average Bonchev–Trinajstić information content (AvgIpc) is 3.07. The Morgan fingerprint density at radius 3 is 2.78 bits per heavy atom. The maximum Gasteiger partial charge on any atom is 0.137 e. The lowest BCUT2D eigenvalue weighted by Gasteiger charge is -2.20. The number of nitrogens with zero attached hydrogens (tertiary/aromatic N) is 3. The minimum Gasteiger partial charge on any atom is -0.367 e. The lowest BCUT2D eigenvalue weighted by molar-refractivity contribution is 0.890. The number of hydrogen-bond donors (Lipinski definition) is 2. The fourth-order valence-electron chi connectivity index (χ4n) is 3.47. The number of nitrogens with one attached hydrogen (secondary N) is 2. The second-order valence-electron chi connectivity index (χ2n) is 7.13. The fourth-order valence-corrected chi connectivity index (χ4v) is 3.47. The summed E-state index contributed by atoms with van der Waals surface area (Å²) in [5.41, 5.74) is 6.22. The number of anilines is 1. The highest BCUT2D eigenvalue weighted by Gasteiger charge is 2.23. The predicted molar refractivity (Wildman–Crippen MR) is 111 cm³/mol. The maximum absolute atomic E-state index is 4.54. The highest BCUT2D eigenvalue weighted by Crippen LogP contribution is 2.38. The van der Waals surface area contributed by atoms with E-state index in [1.54, 1.807) is 6.20 Å². The molecule has 0 amide bonds. The number of fused-ring (bicyclic) bond motifs is 1. The molecular formula is C22H23N5. The van der Waals surface area contributed by atoms with Crippen LogP contribution in [0.5, 0.6) is 0 Å². The van der Waals surface area contributed by atoms with Crippen molar-refractivity contribution >= 4 is 22.3 Å². The number of H-pyrrole nitrogens is 1. The van der Waals surface area contributed by atoms with E-state index in [-0.39, 0.29) is 12.0 Å². The Morgan fingerprint density at radius 1 is 1.15 bits per heavy atom. The Kier molecular flexibility index (Phi) is 4.36. The molecule has 1 aliphatic rings. The fraction of sp³-hybridized carbons (Fsp3) is 0.227. The van der Waals surface area contributed by atoms with E-state index in [0.29, 0.717) is 0 Å². The third-order valence-corrected chi connectivity index (χ3v) is 4.77. The summed E-state index contributed by atoms with van der Waals surface area (Å²) in [7, 11) is 0. The molecule has 1 unspecified atom stereocenters. The number of aromatic amines is 1. The van der Waals surface area contributed by atoms with Gasteiger partial charge >= 0.3 is 0 Å². The first kappa shape index (κ1) is 17.2. The summed E-state index contributed by atoms with van der Waals surface area (Å²) >= 11 is 0. The van der Waals surface area contributed by atoms with Crippen LogP contribution in [-0.4, -0.2) is 26.2 Å². The smallest absolute Gasteiger partial charge is 0.137 e. The van der Waals surface area contributed by atoms with Crippen molar-refractivity contribution in [3.63, 3.8) is 0 Å². The van der Waals surface area contributed by atoms with Crippen LogP contribution in [0.1, 0.15) is 36.7 Å². The van der Waals surface area contributed by atoms with Crippen LogP contribution >= 0.6 is 0 Å². The highest BCUT2D eigenvalue weighted by molar-refractivity contribution is 5.93. The molecule has 27 heavy (non-hydrogen) atoms. The van der Waals surface area contributed by atoms with Gasteiger partial charge in [-0.1, -0.05) is 30.9 Å². The van der Waals surface area contributed by atoms with Gasteiger partial charge in [0.25, 0.3) is 0 Å². The first-order chi connectivity index (χ1) is 13.0. The van der Waals surface area contributed by atoms with Gasteiger partial charge in [0.15, 0.2) is 0 Å². The zero-order valence-corrected chi connectivity index (χ0v) is 15.8. The van der Waals surface area contributed by atoms with Crippen LogP contribution in [0, 0.1) is 6.92 Å². The summed E-state index contributed by atoms with van der Waals surface area (Å²) in [6.07, 6.45) is 10.0. The molecule has 0 radical (unpaired) electrons. The van der Waals surface area contributed by atoms with Crippen molar-refractivity contribution in [3.8, 4) is 0 Å². The van der Waals surface area contributed by atoms with E-state index in [0.717, 1.165) is 44.8 Å². The summed E-state index contributed by atoms with van der Waals surface area (Å²) in [6, 6.07) is 6.28. The molecule has 0 saturated heterocycles. The largest absolute Gasteiger partial charge is 0.367 e. The second kappa shape index (κ2) is 6.83. The van der Waals surface area contributed by atoms with Crippen molar-refractivity contribution in [2.45, 2.75) is 32.7 Å². The number of rotatable bonds is 4. The van der Waals surface area contributed by atoms with Crippen LogP contribution in [0.4, 0.5) is 5.82 Å². The SMILES string of the molecule is C=C1C=CC(c2cccnc2C)=CC1c1[nH]nc2ccnc(NC(C)C)c12. The lowest BCUT2D eigenvalue weighted by atomic mass is 9.86. The van der Waals surface area contributed by atoms with Crippen molar-refractivity contribution in [2.75, 3.05) is 5.32 Å². The van der Waals surface area contributed by atoms with Crippen LogP contribution in [0.25, 0.3) is 16.5 Å². The third-order valence-electron chi connectivity index (χ3n) is 4.77. The molecule has 1 aliphatic carbocycles.